The quantitative estimate of drug-likeness (QED) is 0.754. The van der Waals surface area contributed by atoms with E-state index in [9.17, 15) is 0 Å². The van der Waals surface area contributed by atoms with Crippen LogP contribution in [0.1, 0.15) is 12.8 Å². The van der Waals surface area contributed by atoms with Crippen molar-refractivity contribution in [2.45, 2.75) is 18.9 Å². The Kier molecular flexibility index (Phi) is 2.65. The van der Waals surface area contributed by atoms with Gasteiger partial charge in [-0.3, -0.25) is 0 Å². The molecule has 1 aromatic rings. The molecular weight excluding hydrogens is 186 g/mol. The molecule has 1 atom stereocenters. The first-order valence-electron chi connectivity index (χ1n) is 4.41. The Labute approximate surface area is 81.3 Å². The highest BCUT2D eigenvalue weighted by molar-refractivity contribution is 7.10. The van der Waals surface area contributed by atoms with E-state index in [2.05, 4.69) is 9.69 Å². The van der Waals surface area contributed by atoms with Crippen molar-refractivity contribution in [1.82, 2.24) is 4.37 Å². The predicted octanol–water partition coefficient (Wildman–Crippen LogP) is 1.32. The standard InChI is InChI=1S/C8H13N3OS/c9-7-4-8(13-11-7)10-6-2-1-3-12-5-6/h4,6,10H,1-3,5H2,(H2,9,11). The van der Waals surface area contributed by atoms with Gasteiger partial charge in [0.05, 0.1) is 12.6 Å². The SMILES string of the molecule is Nc1cc(NC2CCCOC2)sn1. The third-order valence-electron chi connectivity index (χ3n) is 2.04. The van der Waals surface area contributed by atoms with Gasteiger partial charge in [-0.1, -0.05) is 0 Å². The number of nitrogens with zero attached hydrogens (tertiary/aromatic N) is 1. The number of nitrogen functional groups attached to an aromatic ring is 1. The van der Waals surface area contributed by atoms with Crippen molar-refractivity contribution in [3.63, 3.8) is 0 Å². The van der Waals surface area contributed by atoms with Gasteiger partial charge in [0.15, 0.2) is 0 Å². The predicted molar refractivity (Wildman–Crippen MR) is 54.0 cm³/mol. The van der Waals surface area contributed by atoms with Gasteiger partial charge >= 0.3 is 0 Å². The molecule has 2 heterocycles. The molecule has 0 saturated carbocycles. The Morgan fingerprint density at radius 1 is 1.69 bits per heavy atom. The summed E-state index contributed by atoms with van der Waals surface area (Å²) in [6.45, 7) is 1.68. The average Bonchev–Trinajstić information content (AvgIpc) is 2.53. The Balaban J connectivity index is 1.89. The molecule has 13 heavy (non-hydrogen) atoms. The first kappa shape index (κ1) is 8.77. The minimum absolute atomic E-state index is 0.425. The fraction of sp³-hybridized carbons (Fsp3) is 0.625. The molecule has 2 rings (SSSR count). The molecular formula is C8H13N3OS. The van der Waals surface area contributed by atoms with Crippen LogP contribution >= 0.6 is 11.5 Å². The maximum absolute atomic E-state index is 5.51. The number of aromatic nitrogens is 1. The molecule has 0 radical (unpaired) electrons. The molecule has 1 fully saturated rings. The molecule has 5 heteroatoms. The van der Waals surface area contributed by atoms with Gasteiger partial charge in [0.2, 0.25) is 0 Å². The fourth-order valence-corrected chi connectivity index (χ4v) is 2.06. The highest BCUT2D eigenvalue weighted by Gasteiger charge is 2.14. The van der Waals surface area contributed by atoms with E-state index in [-0.39, 0.29) is 0 Å². The van der Waals surface area contributed by atoms with E-state index >= 15 is 0 Å². The lowest BCUT2D eigenvalue weighted by Gasteiger charge is -2.22. The Morgan fingerprint density at radius 2 is 2.62 bits per heavy atom. The van der Waals surface area contributed by atoms with Crippen molar-refractivity contribution in [3.8, 4) is 0 Å². The summed E-state index contributed by atoms with van der Waals surface area (Å²) < 4.78 is 9.35. The number of nitrogens with one attached hydrogen (secondary N) is 1. The summed E-state index contributed by atoms with van der Waals surface area (Å²) in [6, 6.07) is 2.29. The second-order valence-electron chi connectivity index (χ2n) is 3.17. The van der Waals surface area contributed by atoms with Crippen LogP contribution in [0.3, 0.4) is 0 Å². The van der Waals surface area contributed by atoms with Crippen molar-refractivity contribution in [3.05, 3.63) is 6.07 Å². The minimum Gasteiger partial charge on any atom is -0.383 e. The van der Waals surface area contributed by atoms with E-state index in [1.54, 1.807) is 0 Å². The topological polar surface area (TPSA) is 60.2 Å². The van der Waals surface area contributed by atoms with Crippen LogP contribution in [0.4, 0.5) is 10.8 Å². The third-order valence-corrected chi connectivity index (χ3v) is 2.77. The normalized spacial score (nSPS) is 22.9. The van der Waals surface area contributed by atoms with E-state index in [0.717, 1.165) is 31.1 Å². The first-order valence-corrected chi connectivity index (χ1v) is 5.18. The Bertz CT molecular complexity index is 270. The van der Waals surface area contributed by atoms with Crippen molar-refractivity contribution < 1.29 is 4.74 Å². The second-order valence-corrected chi connectivity index (χ2v) is 3.98. The molecule has 0 bridgehead atoms. The van der Waals surface area contributed by atoms with Crippen LogP contribution in [0.5, 0.6) is 0 Å². The molecule has 3 N–H and O–H groups in total. The Morgan fingerprint density at radius 3 is 3.23 bits per heavy atom. The molecule has 1 saturated heterocycles. The average molecular weight is 199 g/mol. The second kappa shape index (κ2) is 3.93. The van der Waals surface area contributed by atoms with Gasteiger partial charge in [0, 0.05) is 12.7 Å². The summed E-state index contributed by atoms with van der Waals surface area (Å²) in [5, 5.41) is 4.39. The van der Waals surface area contributed by atoms with Crippen molar-refractivity contribution in [2.24, 2.45) is 0 Å². The van der Waals surface area contributed by atoms with Gasteiger partial charge in [-0.05, 0) is 24.4 Å². The summed E-state index contributed by atoms with van der Waals surface area (Å²) >= 11 is 1.40. The molecule has 72 valence electrons. The summed E-state index contributed by atoms with van der Waals surface area (Å²) in [5.74, 6) is 0.587. The first-order chi connectivity index (χ1) is 6.34. The number of hydrogen-bond donors (Lipinski definition) is 2. The summed E-state index contributed by atoms with van der Waals surface area (Å²) in [5.41, 5.74) is 5.51. The van der Waals surface area contributed by atoms with Gasteiger partial charge in [0.25, 0.3) is 0 Å². The van der Waals surface area contributed by atoms with Crippen LogP contribution in [0.25, 0.3) is 0 Å². The van der Waals surface area contributed by atoms with Gasteiger partial charge in [-0.15, -0.1) is 0 Å². The maximum atomic E-state index is 5.51. The number of rotatable bonds is 2. The summed E-state index contributed by atoms with van der Waals surface area (Å²) in [4.78, 5) is 0. The lowest BCUT2D eigenvalue weighted by atomic mass is 10.1. The molecule has 0 aromatic carbocycles. The molecule has 1 aliphatic heterocycles. The van der Waals surface area contributed by atoms with E-state index in [1.807, 2.05) is 6.07 Å². The number of ether oxygens (including phenoxy) is 1. The van der Waals surface area contributed by atoms with Gasteiger partial charge in [-0.2, -0.15) is 4.37 Å². The van der Waals surface area contributed by atoms with Crippen LogP contribution in [0, 0.1) is 0 Å². The van der Waals surface area contributed by atoms with Gasteiger partial charge in [0.1, 0.15) is 10.8 Å². The van der Waals surface area contributed by atoms with Gasteiger partial charge in [-0.25, -0.2) is 0 Å². The largest absolute Gasteiger partial charge is 0.383 e. The highest BCUT2D eigenvalue weighted by Crippen LogP contribution is 2.20. The molecule has 0 amide bonds. The third kappa shape index (κ3) is 2.32. The molecule has 1 aliphatic rings. The Hall–Kier alpha value is -0.810. The zero-order chi connectivity index (χ0) is 9.10. The molecule has 0 spiro atoms. The number of nitrogens with two attached hydrogens (primary N) is 1. The van der Waals surface area contributed by atoms with Crippen LogP contribution < -0.4 is 11.1 Å². The van der Waals surface area contributed by atoms with Gasteiger partial charge < -0.3 is 15.8 Å². The highest BCUT2D eigenvalue weighted by atomic mass is 32.1. The number of anilines is 2. The number of hydrogen-bond acceptors (Lipinski definition) is 5. The summed E-state index contributed by atoms with van der Waals surface area (Å²) in [7, 11) is 0. The minimum atomic E-state index is 0.425. The summed E-state index contributed by atoms with van der Waals surface area (Å²) in [6.07, 6.45) is 2.30. The van der Waals surface area contributed by atoms with E-state index in [1.165, 1.54) is 11.5 Å². The fourth-order valence-electron chi connectivity index (χ4n) is 1.41. The van der Waals surface area contributed by atoms with Crippen LogP contribution in [0.15, 0.2) is 6.07 Å². The van der Waals surface area contributed by atoms with Crippen LogP contribution in [-0.2, 0) is 4.74 Å². The van der Waals surface area contributed by atoms with Crippen molar-refractivity contribution in [1.29, 1.82) is 0 Å². The van der Waals surface area contributed by atoms with Crippen molar-refractivity contribution in [2.75, 3.05) is 24.3 Å². The van der Waals surface area contributed by atoms with Crippen LogP contribution in [0.2, 0.25) is 0 Å². The molecule has 1 aromatic heterocycles. The monoisotopic (exact) mass is 199 g/mol. The zero-order valence-electron chi connectivity index (χ0n) is 7.32. The van der Waals surface area contributed by atoms with E-state index < -0.39 is 0 Å². The zero-order valence-corrected chi connectivity index (χ0v) is 8.14. The molecule has 1 unspecified atom stereocenters. The van der Waals surface area contributed by atoms with E-state index in [4.69, 9.17) is 10.5 Å². The lowest BCUT2D eigenvalue weighted by molar-refractivity contribution is 0.0877. The molecule has 0 aliphatic carbocycles. The maximum Gasteiger partial charge on any atom is 0.139 e. The smallest absolute Gasteiger partial charge is 0.139 e. The van der Waals surface area contributed by atoms with E-state index in [0.29, 0.717) is 11.9 Å². The van der Waals surface area contributed by atoms with Crippen LogP contribution in [-0.4, -0.2) is 23.6 Å². The van der Waals surface area contributed by atoms with Crippen molar-refractivity contribution >= 4 is 22.4 Å². The molecule has 4 nitrogen and oxygen atoms in total. The lowest BCUT2D eigenvalue weighted by Crippen LogP contribution is -2.29.